The number of hydrogen-bond donors (Lipinski definition) is 1. The van der Waals surface area contributed by atoms with E-state index in [9.17, 15) is 4.79 Å². The van der Waals surface area contributed by atoms with E-state index in [1.807, 2.05) is 80.2 Å². The molecule has 2 aliphatic heterocycles. The molecule has 0 radical (unpaired) electrons. The zero-order valence-electron chi connectivity index (χ0n) is 24.2. The topological polar surface area (TPSA) is 109 Å². The van der Waals surface area contributed by atoms with Gasteiger partial charge in [-0.15, -0.1) is 0 Å². The van der Waals surface area contributed by atoms with Crippen molar-refractivity contribution >= 4 is 34.3 Å². The quantitative estimate of drug-likeness (QED) is 0.329. The summed E-state index contributed by atoms with van der Waals surface area (Å²) in [4.78, 5) is 37.3. The number of nitrogens with zero attached hydrogens (tertiary/aromatic N) is 7. The Kier molecular flexibility index (Phi) is 7.58. The number of ether oxygens (including phenoxy) is 2. The summed E-state index contributed by atoms with van der Waals surface area (Å²) >= 11 is 0. The minimum Gasteiger partial charge on any atom is -0.487 e. The first-order valence-electron chi connectivity index (χ1n) is 14.0. The van der Waals surface area contributed by atoms with Crippen molar-refractivity contribution in [2.75, 3.05) is 57.1 Å². The van der Waals surface area contributed by atoms with Crippen LogP contribution in [-0.2, 0) is 4.79 Å². The van der Waals surface area contributed by atoms with Crippen LogP contribution in [0.2, 0.25) is 0 Å². The van der Waals surface area contributed by atoms with E-state index in [2.05, 4.69) is 25.2 Å². The Morgan fingerprint density at radius 2 is 2.02 bits per heavy atom. The Hall–Kier alpha value is -4.77. The molecular weight excluding hydrogens is 532 g/mol. The van der Waals surface area contributed by atoms with E-state index in [0.29, 0.717) is 54.6 Å². The number of aromatic nitrogens is 4. The number of carbonyl (C=O) groups is 1. The number of hydrogen-bond acceptors (Lipinski definition) is 10. The normalized spacial score (nSPS) is 16.4. The molecule has 5 heterocycles. The summed E-state index contributed by atoms with van der Waals surface area (Å²) in [7, 11) is 3.95. The highest BCUT2D eigenvalue weighted by Gasteiger charge is 2.35. The van der Waals surface area contributed by atoms with E-state index in [1.165, 1.54) is 6.33 Å². The third-order valence-electron chi connectivity index (χ3n) is 7.33. The number of aryl methyl sites for hydroxylation is 2. The number of likely N-dealkylation sites (N-methyl/N-ethyl adjacent to an activating group) is 1. The lowest BCUT2D eigenvalue weighted by molar-refractivity contribution is -0.129. The zero-order chi connectivity index (χ0) is 29.2. The van der Waals surface area contributed by atoms with Crippen molar-refractivity contribution in [3.05, 3.63) is 72.3 Å². The summed E-state index contributed by atoms with van der Waals surface area (Å²) in [6.07, 6.45) is 6.79. The van der Waals surface area contributed by atoms with Gasteiger partial charge in [0.15, 0.2) is 17.4 Å². The number of nitrogens with one attached hydrogen (secondary N) is 1. The van der Waals surface area contributed by atoms with Crippen molar-refractivity contribution in [1.82, 2.24) is 29.7 Å². The van der Waals surface area contributed by atoms with Gasteiger partial charge >= 0.3 is 0 Å². The van der Waals surface area contributed by atoms with Gasteiger partial charge in [0.25, 0.3) is 0 Å². The van der Waals surface area contributed by atoms with Crippen LogP contribution in [0.4, 0.5) is 17.3 Å². The molecule has 2 aliphatic rings. The first kappa shape index (κ1) is 27.4. The van der Waals surface area contributed by atoms with E-state index in [0.717, 1.165) is 35.1 Å². The molecule has 2 bridgehead atoms. The smallest absolute Gasteiger partial charge is 0.246 e. The molecule has 0 spiro atoms. The van der Waals surface area contributed by atoms with Crippen molar-refractivity contribution < 1.29 is 14.3 Å². The second kappa shape index (κ2) is 11.6. The third-order valence-corrected chi connectivity index (χ3v) is 7.33. The molecule has 11 nitrogen and oxygen atoms in total. The van der Waals surface area contributed by atoms with Crippen molar-refractivity contribution in [1.29, 1.82) is 0 Å². The van der Waals surface area contributed by atoms with Gasteiger partial charge in [-0.1, -0.05) is 6.08 Å². The Morgan fingerprint density at radius 3 is 2.81 bits per heavy atom. The van der Waals surface area contributed by atoms with Crippen molar-refractivity contribution in [3.63, 3.8) is 0 Å². The molecule has 216 valence electrons. The number of carbonyl (C=O) groups excluding carboxylic acids is 1. The van der Waals surface area contributed by atoms with Gasteiger partial charge in [0.05, 0.1) is 17.8 Å². The largest absolute Gasteiger partial charge is 0.487 e. The van der Waals surface area contributed by atoms with Crippen LogP contribution in [0.25, 0.3) is 11.0 Å². The van der Waals surface area contributed by atoms with E-state index >= 15 is 0 Å². The molecule has 1 N–H and O–H groups in total. The number of pyridine rings is 2. The first-order chi connectivity index (χ1) is 20.3. The highest BCUT2D eigenvalue weighted by Crippen LogP contribution is 2.36. The molecule has 42 heavy (non-hydrogen) atoms. The molecule has 0 aliphatic carbocycles. The fraction of sp³-hybridized carbons (Fsp3) is 0.323. The number of benzene rings is 1. The fourth-order valence-corrected chi connectivity index (χ4v) is 5.13. The van der Waals surface area contributed by atoms with Crippen LogP contribution in [0.5, 0.6) is 17.2 Å². The monoisotopic (exact) mass is 566 g/mol. The second-order valence-corrected chi connectivity index (χ2v) is 10.8. The van der Waals surface area contributed by atoms with E-state index in [-0.39, 0.29) is 11.9 Å². The number of anilines is 3. The van der Waals surface area contributed by atoms with Crippen molar-refractivity contribution in [3.8, 4) is 17.2 Å². The maximum Gasteiger partial charge on any atom is 0.246 e. The average Bonchev–Trinajstić information content (AvgIpc) is 3.10. The number of piperazine rings is 1. The summed E-state index contributed by atoms with van der Waals surface area (Å²) in [6.45, 7) is 6.95. The van der Waals surface area contributed by atoms with E-state index in [1.54, 1.807) is 12.3 Å². The molecule has 1 amide bonds. The lowest BCUT2D eigenvalue weighted by Crippen LogP contribution is -2.56. The summed E-state index contributed by atoms with van der Waals surface area (Å²) in [5.41, 5.74) is 4.07. The molecule has 11 heteroatoms. The first-order valence-corrected chi connectivity index (χ1v) is 14.0. The predicted molar refractivity (Wildman–Crippen MR) is 162 cm³/mol. The van der Waals surface area contributed by atoms with Crippen LogP contribution in [0, 0.1) is 13.8 Å². The minimum atomic E-state index is -0.0735. The maximum atomic E-state index is 12.9. The van der Waals surface area contributed by atoms with Gasteiger partial charge in [0.2, 0.25) is 5.91 Å². The zero-order valence-corrected chi connectivity index (χ0v) is 24.2. The Balaban J connectivity index is 1.21. The molecule has 1 aromatic carbocycles. The molecule has 4 aromatic rings. The second-order valence-electron chi connectivity index (χ2n) is 10.8. The Morgan fingerprint density at radius 1 is 1.14 bits per heavy atom. The minimum absolute atomic E-state index is 0.00812. The molecule has 1 atom stereocenters. The van der Waals surface area contributed by atoms with Crippen LogP contribution in [-0.4, -0.2) is 88.6 Å². The highest BCUT2D eigenvalue weighted by molar-refractivity contribution is 5.90. The van der Waals surface area contributed by atoms with Crippen molar-refractivity contribution in [2.24, 2.45) is 0 Å². The number of amides is 1. The number of fused-ring (bicyclic) bond motifs is 5. The van der Waals surface area contributed by atoms with Gasteiger partial charge in [-0.3, -0.25) is 9.78 Å². The molecule has 1 fully saturated rings. The molecule has 3 aromatic heterocycles. The van der Waals surface area contributed by atoms with Gasteiger partial charge in [-0.05, 0) is 63.8 Å². The maximum absolute atomic E-state index is 12.9. The van der Waals surface area contributed by atoms with Crippen LogP contribution >= 0.6 is 0 Å². The van der Waals surface area contributed by atoms with E-state index in [4.69, 9.17) is 14.5 Å². The van der Waals surface area contributed by atoms with Crippen LogP contribution < -0.4 is 19.7 Å². The molecule has 1 saturated heterocycles. The van der Waals surface area contributed by atoms with Gasteiger partial charge in [0.1, 0.15) is 29.9 Å². The summed E-state index contributed by atoms with van der Waals surface area (Å²) < 4.78 is 12.2. The van der Waals surface area contributed by atoms with Crippen LogP contribution in [0.1, 0.15) is 11.3 Å². The summed E-state index contributed by atoms with van der Waals surface area (Å²) in [5.74, 6) is 3.44. The lowest BCUT2D eigenvalue weighted by Gasteiger charge is -2.39. The Labute approximate surface area is 244 Å². The van der Waals surface area contributed by atoms with Gasteiger partial charge in [-0.25, -0.2) is 15.0 Å². The molecule has 1 unspecified atom stereocenters. The summed E-state index contributed by atoms with van der Waals surface area (Å²) in [6, 6.07) is 11.5. The Bertz CT molecular complexity index is 1640. The van der Waals surface area contributed by atoms with Crippen molar-refractivity contribution in [2.45, 2.75) is 19.9 Å². The third kappa shape index (κ3) is 5.82. The van der Waals surface area contributed by atoms with E-state index < -0.39 is 0 Å². The van der Waals surface area contributed by atoms with Crippen LogP contribution in [0.3, 0.4) is 0 Å². The number of rotatable bonds is 7. The average molecular weight is 567 g/mol. The predicted octanol–water partition coefficient (Wildman–Crippen LogP) is 4.10. The van der Waals surface area contributed by atoms with Crippen LogP contribution in [0.15, 0.2) is 61.1 Å². The molecule has 6 rings (SSSR count). The van der Waals surface area contributed by atoms with Gasteiger partial charge < -0.3 is 29.5 Å². The SMILES string of the molecule is Cc1ccc(Oc2ccc(Nc3ncnc4cc5c(nc34)N3CCN(C(=O)/C=C/CN(C)C)C(CO5)C3)cc2C)cn1. The standard InChI is InChI=1S/C31H34N8O3/c1-20-14-22(8-10-26(20)42-24-9-7-21(2)32-16-24)35-30-29-25(33-19-34-30)15-27-31(36-29)38-12-13-39(23(17-38)18-41-27)28(40)6-5-11-37(3)4/h5-10,14-16,19,23H,11-13,17-18H2,1-4H3,(H,33,34,35)/b6-5+. The molecular formula is C31H34N8O3. The van der Waals surface area contributed by atoms with Gasteiger partial charge in [-0.2, -0.15) is 0 Å². The highest BCUT2D eigenvalue weighted by atomic mass is 16.5. The summed E-state index contributed by atoms with van der Waals surface area (Å²) in [5, 5.41) is 3.41. The fourth-order valence-electron chi connectivity index (χ4n) is 5.13. The van der Waals surface area contributed by atoms with Gasteiger partial charge in [0, 0.05) is 49.7 Å². The lowest BCUT2D eigenvalue weighted by atomic mass is 10.1. The molecule has 0 saturated carbocycles.